The Hall–Kier alpha value is -3.70. The maximum Gasteiger partial charge on any atom is 0.414 e. The van der Waals surface area contributed by atoms with Gasteiger partial charge in [0.25, 0.3) is 0 Å². The summed E-state index contributed by atoms with van der Waals surface area (Å²) in [6, 6.07) is 8.76. The quantitative estimate of drug-likeness (QED) is 0.555. The Kier molecular flexibility index (Phi) is 6.17. The van der Waals surface area contributed by atoms with Crippen LogP contribution in [0.2, 0.25) is 0 Å². The average molecular weight is 511 g/mol. The summed E-state index contributed by atoms with van der Waals surface area (Å²) in [5.41, 5.74) is 1.52. The lowest BCUT2D eigenvalue weighted by Crippen LogP contribution is -2.56. The van der Waals surface area contributed by atoms with E-state index in [2.05, 4.69) is 9.97 Å². The van der Waals surface area contributed by atoms with Gasteiger partial charge in [0.1, 0.15) is 30.7 Å². The Morgan fingerprint density at radius 2 is 2.03 bits per heavy atom. The van der Waals surface area contributed by atoms with Gasteiger partial charge in [0.15, 0.2) is 11.5 Å². The number of aliphatic hydroxyl groups excluding tert-OH is 1. The molecule has 10 nitrogen and oxygen atoms in total. The molecule has 6 rings (SSSR count). The van der Waals surface area contributed by atoms with Crippen molar-refractivity contribution in [2.45, 2.75) is 18.6 Å². The SMILES string of the molecule is COc1ccc2ncc(F)c(C(O)CN3CCC4CN(c5ccc6c(c5)OCCO6)C(=O)OC4C3)c2n1. The standard InChI is InChI=1S/C26H27FN4O6/c1-34-23-5-3-18-25(29-23)24(17(27)11-28-18)19(32)13-30-7-6-15-12-31(26(33)37-22(15)14-30)16-2-4-20-21(10-16)36-9-8-35-20/h2-5,10-11,15,19,22,32H,6-9,12-14H2,1H3. The minimum absolute atomic E-state index is 0.0800. The molecular formula is C26H27FN4O6. The molecule has 37 heavy (non-hydrogen) atoms. The summed E-state index contributed by atoms with van der Waals surface area (Å²) in [5, 5.41) is 11.0. The number of aromatic nitrogens is 2. The topological polar surface area (TPSA) is 106 Å². The first kappa shape index (κ1) is 23.7. The number of nitrogens with zero attached hydrogens (tertiary/aromatic N) is 4. The zero-order valence-corrected chi connectivity index (χ0v) is 20.3. The Bertz CT molecular complexity index is 1340. The molecule has 1 N–H and O–H groups in total. The van der Waals surface area contributed by atoms with Crippen LogP contribution in [0.5, 0.6) is 17.4 Å². The van der Waals surface area contributed by atoms with E-state index >= 15 is 0 Å². The fourth-order valence-corrected chi connectivity index (χ4v) is 5.26. The second kappa shape index (κ2) is 9.64. The molecule has 2 saturated heterocycles. The van der Waals surface area contributed by atoms with Crippen LogP contribution in [0.4, 0.5) is 14.9 Å². The first-order chi connectivity index (χ1) is 18.0. The van der Waals surface area contributed by atoms with Crippen molar-refractivity contribution in [3.63, 3.8) is 0 Å². The summed E-state index contributed by atoms with van der Waals surface area (Å²) in [7, 11) is 1.47. The number of carbonyl (C=O) groups is 1. The molecular weight excluding hydrogens is 483 g/mol. The van der Waals surface area contributed by atoms with Crippen molar-refractivity contribution in [3.8, 4) is 17.4 Å². The van der Waals surface area contributed by atoms with Gasteiger partial charge < -0.3 is 24.1 Å². The maximum atomic E-state index is 14.8. The molecule has 3 aliphatic heterocycles. The van der Waals surface area contributed by atoms with Gasteiger partial charge in [0, 0.05) is 43.2 Å². The van der Waals surface area contributed by atoms with Gasteiger partial charge in [-0.05, 0) is 31.2 Å². The van der Waals surface area contributed by atoms with Crippen molar-refractivity contribution < 1.29 is 33.2 Å². The van der Waals surface area contributed by atoms with Gasteiger partial charge >= 0.3 is 6.09 Å². The number of halogens is 1. The normalized spacial score (nSPS) is 22.4. The molecule has 5 heterocycles. The van der Waals surface area contributed by atoms with E-state index in [0.717, 1.165) is 12.6 Å². The third-order valence-electron chi connectivity index (χ3n) is 7.16. The van der Waals surface area contributed by atoms with Crippen LogP contribution in [0.15, 0.2) is 36.5 Å². The molecule has 0 bridgehead atoms. The van der Waals surface area contributed by atoms with Gasteiger partial charge in [-0.2, -0.15) is 0 Å². The zero-order chi connectivity index (χ0) is 25.5. The molecule has 3 aliphatic rings. The number of benzene rings is 1. The number of likely N-dealkylation sites (tertiary alicyclic amines) is 1. The predicted molar refractivity (Wildman–Crippen MR) is 131 cm³/mol. The van der Waals surface area contributed by atoms with Crippen LogP contribution in [0, 0.1) is 11.7 Å². The Morgan fingerprint density at radius 3 is 2.86 bits per heavy atom. The second-order valence-corrected chi connectivity index (χ2v) is 9.43. The summed E-state index contributed by atoms with van der Waals surface area (Å²) < 4.78 is 37.0. The number of methoxy groups -OCH3 is 1. The summed E-state index contributed by atoms with van der Waals surface area (Å²) >= 11 is 0. The number of β-amino-alcohol motifs (C(OH)–C–C–N with tert-alkyl or cyclic N) is 1. The van der Waals surface area contributed by atoms with Crippen molar-refractivity contribution >= 4 is 22.8 Å². The third kappa shape index (κ3) is 4.49. The molecule has 3 unspecified atom stereocenters. The number of rotatable bonds is 5. The molecule has 11 heteroatoms. The van der Waals surface area contributed by atoms with Crippen LogP contribution in [0.3, 0.4) is 0 Å². The van der Waals surface area contributed by atoms with Gasteiger partial charge in [0.2, 0.25) is 5.88 Å². The summed E-state index contributed by atoms with van der Waals surface area (Å²) in [5.74, 6) is 1.09. The van der Waals surface area contributed by atoms with Crippen LogP contribution in [-0.4, -0.2) is 78.7 Å². The highest BCUT2D eigenvalue weighted by molar-refractivity contribution is 5.89. The summed E-state index contributed by atoms with van der Waals surface area (Å²) in [4.78, 5) is 24.9. The molecule has 2 aromatic heterocycles. The number of pyridine rings is 2. The van der Waals surface area contributed by atoms with Gasteiger partial charge in [-0.15, -0.1) is 0 Å². The van der Waals surface area contributed by atoms with Crippen LogP contribution in [0.25, 0.3) is 11.0 Å². The minimum atomic E-state index is -1.14. The Balaban J connectivity index is 1.14. The first-order valence-corrected chi connectivity index (χ1v) is 12.3. The van der Waals surface area contributed by atoms with E-state index in [-0.39, 0.29) is 29.6 Å². The monoisotopic (exact) mass is 510 g/mol. The maximum absolute atomic E-state index is 14.8. The number of aliphatic hydroxyl groups is 1. The number of anilines is 1. The molecule has 1 amide bonds. The molecule has 3 aromatic rings. The summed E-state index contributed by atoms with van der Waals surface area (Å²) in [6.45, 7) is 2.78. The van der Waals surface area contributed by atoms with E-state index in [1.807, 2.05) is 11.0 Å². The van der Waals surface area contributed by atoms with E-state index in [0.29, 0.717) is 61.4 Å². The number of hydrogen-bond acceptors (Lipinski definition) is 9. The second-order valence-electron chi connectivity index (χ2n) is 9.43. The van der Waals surface area contributed by atoms with Crippen LogP contribution >= 0.6 is 0 Å². The number of fused-ring (bicyclic) bond motifs is 3. The summed E-state index contributed by atoms with van der Waals surface area (Å²) in [6.07, 6.45) is -0.0364. The first-order valence-electron chi connectivity index (χ1n) is 12.3. The third-order valence-corrected chi connectivity index (χ3v) is 7.16. The fraction of sp³-hybridized carbons (Fsp3) is 0.423. The largest absolute Gasteiger partial charge is 0.486 e. The zero-order valence-electron chi connectivity index (χ0n) is 20.3. The number of piperidine rings is 1. The molecule has 0 aliphatic carbocycles. The van der Waals surface area contributed by atoms with Crippen LogP contribution in [0.1, 0.15) is 18.1 Å². The number of hydrogen-bond donors (Lipinski definition) is 1. The van der Waals surface area contributed by atoms with Crippen molar-refractivity contribution in [2.75, 3.05) is 51.4 Å². The Morgan fingerprint density at radius 1 is 1.19 bits per heavy atom. The van der Waals surface area contributed by atoms with Gasteiger partial charge in [0.05, 0.1) is 30.6 Å². The van der Waals surface area contributed by atoms with E-state index in [9.17, 15) is 14.3 Å². The average Bonchev–Trinajstić information content (AvgIpc) is 2.91. The highest BCUT2D eigenvalue weighted by atomic mass is 19.1. The van der Waals surface area contributed by atoms with Crippen molar-refractivity contribution in [1.82, 2.24) is 14.9 Å². The number of carbonyl (C=O) groups excluding carboxylic acids is 1. The smallest absolute Gasteiger partial charge is 0.414 e. The van der Waals surface area contributed by atoms with E-state index in [1.54, 1.807) is 29.2 Å². The molecule has 0 spiro atoms. The predicted octanol–water partition coefficient (Wildman–Crippen LogP) is 2.93. The lowest BCUT2D eigenvalue weighted by Gasteiger charge is -2.44. The van der Waals surface area contributed by atoms with Crippen molar-refractivity contribution in [2.24, 2.45) is 5.92 Å². The number of amides is 1. The molecule has 0 radical (unpaired) electrons. The van der Waals surface area contributed by atoms with Gasteiger partial charge in [-0.1, -0.05) is 0 Å². The highest BCUT2D eigenvalue weighted by Gasteiger charge is 2.40. The molecule has 0 saturated carbocycles. The van der Waals surface area contributed by atoms with Crippen molar-refractivity contribution in [3.05, 3.63) is 47.9 Å². The van der Waals surface area contributed by atoms with E-state index in [4.69, 9.17) is 18.9 Å². The lowest BCUT2D eigenvalue weighted by molar-refractivity contribution is -0.0188. The minimum Gasteiger partial charge on any atom is -0.486 e. The fourth-order valence-electron chi connectivity index (χ4n) is 5.26. The number of ether oxygens (including phenoxy) is 4. The molecule has 1 aromatic carbocycles. The molecule has 194 valence electrons. The molecule has 2 fully saturated rings. The van der Waals surface area contributed by atoms with Crippen molar-refractivity contribution in [1.29, 1.82) is 0 Å². The van der Waals surface area contributed by atoms with Gasteiger partial charge in [-0.25, -0.2) is 14.2 Å². The molecule has 3 atom stereocenters. The van der Waals surface area contributed by atoms with E-state index in [1.165, 1.54) is 7.11 Å². The van der Waals surface area contributed by atoms with Crippen LogP contribution in [-0.2, 0) is 4.74 Å². The Labute approximate surface area is 212 Å². The lowest BCUT2D eigenvalue weighted by atomic mass is 9.91. The van der Waals surface area contributed by atoms with E-state index < -0.39 is 18.0 Å². The van der Waals surface area contributed by atoms with Gasteiger partial charge in [-0.3, -0.25) is 14.8 Å². The van der Waals surface area contributed by atoms with Crippen LogP contribution < -0.4 is 19.1 Å². The highest BCUT2D eigenvalue weighted by Crippen LogP contribution is 2.37.